The topological polar surface area (TPSA) is 53.4 Å². The number of aromatic nitrogens is 2. The van der Waals surface area contributed by atoms with Crippen LogP contribution in [0.3, 0.4) is 0 Å². The quantitative estimate of drug-likeness (QED) is 0.746. The number of aryl methyl sites for hydroxylation is 1. The van der Waals surface area contributed by atoms with Crippen LogP contribution in [0.2, 0.25) is 0 Å². The number of fused-ring (bicyclic) bond motifs is 1. The SMILES string of the molecule is COc1cc(-c2cn(C)c(=O)c3cnccc23)cc(OC)c1F. The molecule has 0 saturated carbocycles. The van der Waals surface area contributed by atoms with Gasteiger partial charge in [0.25, 0.3) is 5.56 Å². The van der Waals surface area contributed by atoms with Crippen molar-refractivity contribution in [3.05, 3.63) is 53.0 Å². The van der Waals surface area contributed by atoms with E-state index in [-0.39, 0.29) is 17.1 Å². The zero-order chi connectivity index (χ0) is 16.6. The van der Waals surface area contributed by atoms with Gasteiger partial charge in [-0.2, -0.15) is 4.39 Å². The lowest BCUT2D eigenvalue weighted by molar-refractivity contribution is 0.351. The van der Waals surface area contributed by atoms with E-state index in [1.807, 2.05) is 0 Å². The Hall–Kier alpha value is -2.89. The van der Waals surface area contributed by atoms with Crippen molar-refractivity contribution in [3.63, 3.8) is 0 Å². The minimum Gasteiger partial charge on any atom is -0.494 e. The third kappa shape index (κ3) is 2.42. The van der Waals surface area contributed by atoms with E-state index >= 15 is 0 Å². The predicted molar refractivity (Wildman–Crippen MR) is 85.5 cm³/mol. The fourth-order valence-corrected chi connectivity index (χ4v) is 2.57. The number of benzene rings is 1. The molecular formula is C17H15FN2O3. The molecule has 0 aliphatic rings. The van der Waals surface area contributed by atoms with Gasteiger partial charge < -0.3 is 14.0 Å². The van der Waals surface area contributed by atoms with E-state index in [1.165, 1.54) is 25.0 Å². The van der Waals surface area contributed by atoms with Gasteiger partial charge in [0, 0.05) is 31.2 Å². The first-order valence-electron chi connectivity index (χ1n) is 6.92. The summed E-state index contributed by atoms with van der Waals surface area (Å²) in [4.78, 5) is 16.2. The maximum Gasteiger partial charge on any atom is 0.259 e. The van der Waals surface area contributed by atoms with Crippen LogP contribution in [0.1, 0.15) is 0 Å². The Morgan fingerprint density at radius 2 is 1.78 bits per heavy atom. The van der Waals surface area contributed by atoms with E-state index in [0.717, 1.165) is 10.9 Å². The first-order chi connectivity index (χ1) is 11.1. The second kappa shape index (κ2) is 5.72. The molecule has 0 radical (unpaired) electrons. The Labute approximate surface area is 131 Å². The van der Waals surface area contributed by atoms with Gasteiger partial charge in [-0.25, -0.2) is 0 Å². The minimum atomic E-state index is -0.561. The lowest BCUT2D eigenvalue weighted by Gasteiger charge is -2.13. The van der Waals surface area contributed by atoms with E-state index in [0.29, 0.717) is 10.9 Å². The van der Waals surface area contributed by atoms with Crippen molar-refractivity contribution < 1.29 is 13.9 Å². The number of methoxy groups -OCH3 is 2. The summed E-state index contributed by atoms with van der Waals surface area (Å²) in [6, 6.07) is 4.92. The van der Waals surface area contributed by atoms with Crippen molar-refractivity contribution in [2.75, 3.05) is 14.2 Å². The summed E-state index contributed by atoms with van der Waals surface area (Å²) in [6.45, 7) is 0. The number of pyridine rings is 2. The standard InChI is InChI=1S/C17H15FN2O3/c1-20-9-13(11-4-5-19-8-12(11)17(20)21)10-6-14(22-2)16(18)15(7-10)23-3/h4-9H,1-3H3. The number of hydrogen-bond donors (Lipinski definition) is 0. The zero-order valence-corrected chi connectivity index (χ0v) is 13.0. The molecule has 0 saturated heterocycles. The van der Waals surface area contributed by atoms with Crippen LogP contribution in [0.5, 0.6) is 11.5 Å². The fraction of sp³-hybridized carbons (Fsp3) is 0.176. The highest BCUT2D eigenvalue weighted by atomic mass is 19.1. The summed E-state index contributed by atoms with van der Waals surface area (Å²) in [5.41, 5.74) is 1.31. The molecule has 0 spiro atoms. The summed E-state index contributed by atoms with van der Waals surface area (Å²) < 4.78 is 25.7. The average molecular weight is 314 g/mol. The second-order valence-electron chi connectivity index (χ2n) is 5.07. The van der Waals surface area contributed by atoms with Gasteiger partial charge in [0.15, 0.2) is 11.5 Å². The number of nitrogens with zero attached hydrogens (tertiary/aromatic N) is 2. The third-order valence-electron chi connectivity index (χ3n) is 3.74. The van der Waals surface area contributed by atoms with Crippen molar-refractivity contribution in [2.24, 2.45) is 7.05 Å². The van der Waals surface area contributed by atoms with E-state index in [1.54, 1.807) is 37.6 Å². The van der Waals surface area contributed by atoms with Crippen LogP contribution < -0.4 is 15.0 Å². The number of halogens is 1. The van der Waals surface area contributed by atoms with Gasteiger partial charge in [-0.3, -0.25) is 9.78 Å². The molecule has 0 aliphatic carbocycles. The number of hydrogen-bond acceptors (Lipinski definition) is 4. The molecule has 3 aromatic rings. The van der Waals surface area contributed by atoms with Crippen LogP contribution in [0.4, 0.5) is 4.39 Å². The van der Waals surface area contributed by atoms with Crippen LogP contribution in [0.25, 0.3) is 21.9 Å². The molecule has 23 heavy (non-hydrogen) atoms. The van der Waals surface area contributed by atoms with Crippen molar-refractivity contribution in [1.29, 1.82) is 0 Å². The third-order valence-corrected chi connectivity index (χ3v) is 3.74. The Bertz CT molecular complexity index is 925. The van der Waals surface area contributed by atoms with Gasteiger partial charge in [-0.1, -0.05) is 0 Å². The molecule has 0 amide bonds. The molecule has 0 fully saturated rings. The lowest BCUT2D eigenvalue weighted by atomic mass is 10.0. The van der Waals surface area contributed by atoms with Gasteiger partial charge in [-0.05, 0) is 29.1 Å². The van der Waals surface area contributed by atoms with E-state index < -0.39 is 5.82 Å². The van der Waals surface area contributed by atoms with Crippen molar-refractivity contribution in [1.82, 2.24) is 9.55 Å². The molecule has 0 bridgehead atoms. The molecule has 3 rings (SSSR count). The van der Waals surface area contributed by atoms with Crippen molar-refractivity contribution in [3.8, 4) is 22.6 Å². The van der Waals surface area contributed by atoms with Crippen LogP contribution in [-0.2, 0) is 7.05 Å². The summed E-state index contributed by atoms with van der Waals surface area (Å²) in [5.74, 6) is -0.402. The van der Waals surface area contributed by atoms with Gasteiger partial charge >= 0.3 is 0 Å². The van der Waals surface area contributed by atoms with E-state index in [4.69, 9.17) is 9.47 Å². The molecule has 0 aliphatic heterocycles. The largest absolute Gasteiger partial charge is 0.494 e. The maximum absolute atomic E-state index is 14.1. The second-order valence-corrected chi connectivity index (χ2v) is 5.07. The maximum atomic E-state index is 14.1. The Kier molecular flexibility index (Phi) is 3.73. The molecule has 6 heteroatoms. The average Bonchev–Trinajstić information content (AvgIpc) is 2.58. The molecule has 0 atom stereocenters. The number of rotatable bonds is 3. The zero-order valence-electron chi connectivity index (χ0n) is 13.0. The smallest absolute Gasteiger partial charge is 0.259 e. The molecule has 5 nitrogen and oxygen atoms in total. The van der Waals surface area contributed by atoms with Crippen LogP contribution >= 0.6 is 0 Å². The summed E-state index contributed by atoms with van der Waals surface area (Å²) >= 11 is 0. The van der Waals surface area contributed by atoms with Crippen molar-refractivity contribution in [2.45, 2.75) is 0 Å². The molecule has 0 unspecified atom stereocenters. The van der Waals surface area contributed by atoms with Gasteiger partial charge in [0.05, 0.1) is 19.6 Å². The fourth-order valence-electron chi connectivity index (χ4n) is 2.57. The summed E-state index contributed by atoms with van der Waals surface area (Å²) in [5, 5.41) is 1.23. The highest BCUT2D eigenvalue weighted by molar-refractivity contribution is 5.95. The summed E-state index contributed by atoms with van der Waals surface area (Å²) in [7, 11) is 4.45. The van der Waals surface area contributed by atoms with Crippen LogP contribution in [0, 0.1) is 5.82 Å². The van der Waals surface area contributed by atoms with Crippen LogP contribution in [0.15, 0.2) is 41.6 Å². The molecule has 0 N–H and O–H groups in total. The van der Waals surface area contributed by atoms with Gasteiger partial charge in [0.2, 0.25) is 5.82 Å². The van der Waals surface area contributed by atoms with Crippen molar-refractivity contribution >= 4 is 10.8 Å². The Morgan fingerprint density at radius 3 is 2.39 bits per heavy atom. The molecule has 1 aromatic carbocycles. The van der Waals surface area contributed by atoms with Gasteiger partial charge in [0.1, 0.15) is 0 Å². The molecular weight excluding hydrogens is 299 g/mol. The Morgan fingerprint density at radius 1 is 1.13 bits per heavy atom. The van der Waals surface area contributed by atoms with Gasteiger partial charge in [-0.15, -0.1) is 0 Å². The Balaban J connectivity index is 2.38. The normalized spacial score (nSPS) is 10.8. The van der Waals surface area contributed by atoms with E-state index in [9.17, 15) is 9.18 Å². The van der Waals surface area contributed by atoms with E-state index in [2.05, 4.69) is 4.98 Å². The first kappa shape index (κ1) is 15.0. The molecule has 2 aromatic heterocycles. The first-order valence-corrected chi connectivity index (χ1v) is 6.92. The lowest BCUT2D eigenvalue weighted by Crippen LogP contribution is -2.16. The van der Waals surface area contributed by atoms with Crippen LogP contribution in [-0.4, -0.2) is 23.8 Å². The predicted octanol–water partition coefficient (Wildman–Crippen LogP) is 2.76. The number of ether oxygens (including phenoxy) is 2. The highest BCUT2D eigenvalue weighted by Gasteiger charge is 2.16. The highest BCUT2D eigenvalue weighted by Crippen LogP contribution is 2.35. The molecule has 118 valence electrons. The molecule has 2 heterocycles. The monoisotopic (exact) mass is 314 g/mol. The summed E-state index contributed by atoms with van der Waals surface area (Å²) in [6.07, 6.45) is 4.85. The minimum absolute atomic E-state index is 0.0791.